The molecular weight excluding hydrogens is 218 g/mol. The first-order chi connectivity index (χ1) is 5.79. The van der Waals surface area contributed by atoms with Crippen LogP contribution in [0.2, 0.25) is 0 Å². The third kappa shape index (κ3) is 1.06. The summed E-state index contributed by atoms with van der Waals surface area (Å²) < 4.78 is 0.889. The highest BCUT2D eigenvalue weighted by Gasteiger charge is 2.02. The zero-order chi connectivity index (χ0) is 8.55. The molecule has 0 amide bonds. The van der Waals surface area contributed by atoms with Crippen LogP contribution in [0.15, 0.2) is 35.1 Å². The summed E-state index contributed by atoms with van der Waals surface area (Å²) in [6.45, 7) is 0. The predicted octanol–water partition coefficient (Wildman–Crippen LogP) is 2.70. The van der Waals surface area contributed by atoms with E-state index in [0.29, 0.717) is 0 Å². The van der Waals surface area contributed by atoms with E-state index < -0.39 is 0 Å². The van der Waals surface area contributed by atoms with E-state index in [9.17, 15) is 5.11 Å². The first-order valence-corrected chi connectivity index (χ1v) is 4.29. The Morgan fingerprint density at radius 3 is 2.83 bits per heavy atom. The van der Waals surface area contributed by atoms with Gasteiger partial charge in [0.1, 0.15) is 5.75 Å². The third-order valence-corrected chi connectivity index (χ3v) is 2.37. The molecule has 0 bridgehead atoms. The SMILES string of the molecule is Oc1cncc2cccc(Br)c12. The molecule has 60 valence electrons. The second-order valence-corrected chi connectivity index (χ2v) is 3.35. The van der Waals surface area contributed by atoms with Gasteiger partial charge in [-0.25, -0.2) is 0 Å². The minimum atomic E-state index is 0.208. The normalized spacial score (nSPS) is 10.4. The zero-order valence-electron chi connectivity index (χ0n) is 6.16. The van der Waals surface area contributed by atoms with Gasteiger partial charge in [0, 0.05) is 21.4 Å². The smallest absolute Gasteiger partial charge is 0.142 e. The molecule has 1 aromatic heterocycles. The summed E-state index contributed by atoms with van der Waals surface area (Å²) >= 11 is 3.36. The van der Waals surface area contributed by atoms with Gasteiger partial charge in [-0.15, -0.1) is 0 Å². The third-order valence-electron chi connectivity index (χ3n) is 1.71. The summed E-state index contributed by atoms with van der Waals surface area (Å²) in [6, 6.07) is 5.71. The van der Waals surface area contributed by atoms with Crippen LogP contribution in [0.3, 0.4) is 0 Å². The molecule has 0 saturated carbocycles. The highest BCUT2D eigenvalue weighted by Crippen LogP contribution is 2.29. The highest BCUT2D eigenvalue weighted by atomic mass is 79.9. The minimum Gasteiger partial charge on any atom is -0.506 e. The van der Waals surface area contributed by atoms with E-state index >= 15 is 0 Å². The Morgan fingerprint density at radius 2 is 2.08 bits per heavy atom. The van der Waals surface area contributed by atoms with Crippen molar-refractivity contribution in [2.45, 2.75) is 0 Å². The van der Waals surface area contributed by atoms with Crippen molar-refractivity contribution in [3.8, 4) is 5.75 Å². The first-order valence-electron chi connectivity index (χ1n) is 3.50. The molecule has 0 aliphatic heterocycles. The van der Waals surface area contributed by atoms with Crippen LogP contribution in [-0.2, 0) is 0 Å². The first kappa shape index (κ1) is 7.55. The average molecular weight is 224 g/mol. The fourth-order valence-corrected chi connectivity index (χ4v) is 1.76. The van der Waals surface area contributed by atoms with Crippen LogP contribution in [0, 0.1) is 0 Å². The van der Waals surface area contributed by atoms with Gasteiger partial charge in [0.05, 0.1) is 6.20 Å². The predicted molar refractivity (Wildman–Crippen MR) is 51.1 cm³/mol. The lowest BCUT2D eigenvalue weighted by Crippen LogP contribution is -1.77. The molecule has 0 unspecified atom stereocenters. The monoisotopic (exact) mass is 223 g/mol. The van der Waals surface area contributed by atoms with Gasteiger partial charge < -0.3 is 5.11 Å². The maximum Gasteiger partial charge on any atom is 0.142 e. The lowest BCUT2D eigenvalue weighted by atomic mass is 10.2. The molecular formula is C9H6BrNO. The molecule has 0 radical (unpaired) electrons. The Bertz CT molecular complexity index is 391. The van der Waals surface area contributed by atoms with Crippen LogP contribution in [-0.4, -0.2) is 10.1 Å². The van der Waals surface area contributed by atoms with Crippen LogP contribution in [0.4, 0.5) is 0 Å². The molecule has 1 aromatic carbocycles. The second-order valence-electron chi connectivity index (χ2n) is 2.50. The topological polar surface area (TPSA) is 33.1 Å². The number of hydrogen-bond acceptors (Lipinski definition) is 2. The fraction of sp³-hybridized carbons (Fsp3) is 0. The molecule has 0 saturated heterocycles. The van der Waals surface area contributed by atoms with E-state index in [-0.39, 0.29) is 5.75 Å². The van der Waals surface area contributed by atoms with Gasteiger partial charge in [0.2, 0.25) is 0 Å². The van der Waals surface area contributed by atoms with Crippen LogP contribution >= 0.6 is 15.9 Å². The van der Waals surface area contributed by atoms with Crippen LogP contribution < -0.4 is 0 Å². The number of nitrogens with zero attached hydrogens (tertiary/aromatic N) is 1. The molecule has 0 aliphatic carbocycles. The lowest BCUT2D eigenvalue weighted by Gasteiger charge is -2.00. The van der Waals surface area contributed by atoms with Crippen molar-refractivity contribution < 1.29 is 5.11 Å². The molecule has 0 atom stereocenters. The van der Waals surface area contributed by atoms with Gasteiger partial charge in [0.15, 0.2) is 0 Å². The Labute approximate surface area is 78.0 Å². The molecule has 2 rings (SSSR count). The molecule has 1 heterocycles. The molecule has 2 nitrogen and oxygen atoms in total. The number of hydrogen-bond donors (Lipinski definition) is 1. The molecule has 0 aliphatic rings. The molecule has 12 heavy (non-hydrogen) atoms. The summed E-state index contributed by atoms with van der Waals surface area (Å²) in [4.78, 5) is 3.88. The van der Waals surface area contributed by atoms with Crippen molar-refractivity contribution in [2.75, 3.05) is 0 Å². The Balaban J connectivity index is 2.96. The molecule has 0 spiro atoms. The zero-order valence-corrected chi connectivity index (χ0v) is 7.75. The van der Waals surface area contributed by atoms with Crippen molar-refractivity contribution in [1.82, 2.24) is 4.98 Å². The number of benzene rings is 1. The van der Waals surface area contributed by atoms with Crippen molar-refractivity contribution >= 4 is 26.7 Å². The van der Waals surface area contributed by atoms with E-state index in [1.165, 1.54) is 6.20 Å². The van der Waals surface area contributed by atoms with Gasteiger partial charge in [-0.05, 0) is 6.07 Å². The van der Waals surface area contributed by atoms with Gasteiger partial charge in [-0.3, -0.25) is 4.98 Å². The van der Waals surface area contributed by atoms with E-state index in [2.05, 4.69) is 20.9 Å². The van der Waals surface area contributed by atoms with Crippen LogP contribution in [0.25, 0.3) is 10.8 Å². The standard InChI is InChI=1S/C9H6BrNO/c10-7-3-1-2-6-4-11-5-8(12)9(6)7/h1-5,12H. The number of pyridine rings is 1. The van der Waals surface area contributed by atoms with Gasteiger partial charge in [-0.1, -0.05) is 28.1 Å². The van der Waals surface area contributed by atoms with Gasteiger partial charge in [0.25, 0.3) is 0 Å². The number of halogens is 1. The Kier molecular flexibility index (Phi) is 1.73. The summed E-state index contributed by atoms with van der Waals surface area (Å²) in [5.74, 6) is 0.208. The number of aromatic nitrogens is 1. The van der Waals surface area contributed by atoms with E-state index in [1.807, 2.05) is 18.2 Å². The molecule has 0 fully saturated rings. The molecule has 2 aromatic rings. The van der Waals surface area contributed by atoms with E-state index in [1.54, 1.807) is 6.20 Å². The van der Waals surface area contributed by atoms with Crippen LogP contribution in [0.1, 0.15) is 0 Å². The molecule has 3 heteroatoms. The van der Waals surface area contributed by atoms with E-state index in [0.717, 1.165) is 15.2 Å². The van der Waals surface area contributed by atoms with Gasteiger partial charge in [-0.2, -0.15) is 0 Å². The fourth-order valence-electron chi connectivity index (χ4n) is 1.17. The Hall–Kier alpha value is -1.09. The average Bonchev–Trinajstić information content (AvgIpc) is 2.04. The van der Waals surface area contributed by atoms with Crippen molar-refractivity contribution in [3.63, 3.8) is 0 Å². The maximum absolute atomic E-state index is 9.46. The highest BCUT2D eigenvalue weighted by molar-refractivity contribution is 9.10. The number of rotatable bonds is 0. The van der Waals surface area contributed by atoms with Gasteiger partial charge >= 0.3 is 0 Å². The summed E-state index contributed by atoms with van der Waals surface area (Å²) in [5.41, 5.74) is 0. The molecule has 1 N–H and O–H groups in total. The largest absolute Gasteiger partial charge is 0.506 e. The summed E-state index contributed by atoms with van der Waals surface area (Å²) in [6.07, 6.45) is 3.16. The summed E-state index contributed by atoms with van der Waals surface area (Å²) in [5, 5.41) is 11.2. The number of aromatic hydroxyl groups is 1. The Morgan fingerprint density at radius 1 is 1.25 bits per heavy atom. The second kappa shape index (κ2) is 2.75. The van der Waals surface area contributed by atoms with Crippen molar-refractivity contribution in [3.05, 3.63) is 35.1 Å². The quantitative estimate of drug-likeness (QED) is 0.746. The van der Waals surface area contributed by atoms with Crippen LogP contribution in [0.5, 0.6) is 5.75 Å². The lowest BCUT2D eigenvalue weighted by molar-refractivity contribution is 0.479. The maximum atomic E-state index is 9.46. The minimum absolute atomic E-state index is 0.208. The van der Waals surface area contributed by atoms with Crippen molar-refractivity contribution in [1.29, 1.82) is 0 Å². The summed E-state index contributed by atoms with van der Waals surface area (Å²) in [7, 11) is 0. The number of fused-ring (bicyclic) bond motifs is 1. The van der Waals surface area contributed by atoms with E-state index in [4.69, 9.17) is 0 Å². The van der Waals surface area contributed by atoms with Crippen molar-refractivity contribution in [2.24, 2.45) is 0 Å².